The molecule has 0 bridgehead atoms. The first-order valence-corrected chi connectivity index (χ1v) is 6.59. The molecule has 1 heterocycles. The third kappa shape index (κ3) is 3.25. The van der Waals surface area contributed by atoms with Gasteiger partial charge >= 0.3 is 5.97 Å². The molecule has 0 aliphatic rings. The van der Waals surface area contributed by atoms with Gasteiger partial charge in [0.25, 0.3) is 5.91 Å². The monoisotopic (exact) mass is 303 g/mol. The maximum atomic E-state index is 12.0. The Morgan fingerprint density at radius 1 is 1.23 bits per heavy atom. The van der Waals surface area contributed by atoms with E-state index in [1.165, 1.54) is 24.6 Å². The van der Waals surface area contributed by atoms with Gasteiger partial charge in [-0.05, 0) is 44.2 Å². The van der Waals surface area contributed by atoms with Crippen molar-refractivity contribution in [2.75, 3.05) is 7.11 Å². The Labute approximate surface area is 127 Å². The summed E-state index contributed by atoms with van der Waals surface area (Å²) in [5, 5.41) is 15.6. The molecule has 0 aliphatic heterocycles. The fraction of sp³-hybridized carbons (Fsp3) is 0.267. The molecule has 2 rings (SSSR count). The number of hydrogen-bond donors (Lipinski definition) is 2. The number of benzene rings is 1. The summed E-state index contributed by atoms with van der Waals surface area (Å²) in [6.45, 7) is 2.82. The van der Waals surface area contributed by atoms with Crippen LogP contribution in [-0.4, -0.2) is 39.4 Å². The lowest BCUT2D eigenvalue weighted by Crippen LogP contribution is -2.49. The lowest BCUT2D eigenvalue weighted by Gasteiger charge is -2.20. The largest absolute Gasteiger partial charge is 0.497 e. The van der Waals surface area contributed by atoms with E-state index in [0.717, 1.165) is 11.4 Å². The van der Waals surface area contributed by atoms with Crippen LogP contribution in [0, 0.1) is 0 Å². The van der Waals surface area contributed by atoms with E-state index in [4.69, 9.17) is 9.84 Å². The van der Waals surface area contributed by atoms with E-state index < -0.39 is 17.4 Å². The highest BCUT2D eigenvalue weighted by atomic mass is 16.5. The molecule has 116 valence electrons. The molecule has 0 saturated heterocycles. The van der Waals surface area contributed by atoms with Crippen molar-refractivity contribution in [1.29, 1.82) is 0 Å². The maximum Gasteiger partial charge on any atom is 0.328 e. The van der Waals surface area contributed by atoms with Crippen LogP contribution in [-0.2, 0) is 4.79 Å². The van der Waals surface area contributed by atoms with Crippen LogP contribution in [0.3, 0.4) is 0 Å². The maximum absolute atomic E-state index is 12.0. The molecule has 0 unspecified atom stereocenters. The number of aromatic nitrogens is 2. The molecule has 0 saturated carbocycles. The molecule has 1 aromatic heterocycles. The Morgan fingerprint density at radius 3 is 2.41 bits per heavy atom. The number of carbonyl (C=O) groups is 2. The van der Waals surface area contributed by atoms with E-state index >= 15 is 0 Å². The highest BCUT2D eigenvalue weighted by Crippen LogP contribution is 2.14. The van der Waals surface area contributed by atoms with Gasteiger partial charge in [-0.25, -0.2) is 9.48 Å². The Kier molecular flexibility index (Phi) is 4.16. The predicted octanol–water partition coefficient (Wildman–Crippen LogP) is 1.47. The van der Waals surface area contributed by atoms with Gasteiger partial charge in [-0.2, -0.15) is 5.10 Å². The van der Waals surface area contributed by atoms with Crippen LogP contribution in [0.15, 0.2) is 36.5 Å². The zero-order valence-corrected chi connectivity index (χ0v) is 12.5. The minimum Gasteiger partial charge on any atom is -0.497 e. The SMILES string of the molecule is COc1ccc(-n2ccc(C(=O)NC(C)(C)C(=O)O)n2)cc1. The average molecular weight is 303 g/mol. The first-order valence-electron chi connectivity index (χ1n) is 6.59. The third-order valence-electron chi connectivity index (χ3n) is 3.12. The quantitative estimate of drug-likeness (QED) is 0.872. The van der Waals surface area contributed by atoms with Crippen LogP contribution in [0.1, 0.15) is 24.3 Å². The van der Waals surface area contributed by atoms with Crippen LogP contribution in [0.5, 0.6) is 5.75 Å². The topological polar surface area (TPSA) is 93.5 Å². The summed E-state index contributed by atoms with van der Waals surface area (Å²) in [6, 6.07) is 8.69. The lowest BCUT2D eigenvalue weighted by atomic mass is 10.1. The molecular formula is C15H17N3O4. The van der Waals surface area contributed by atoms with Gasteiger partial charge in [0.2, 0.25) is 0 Å². The Bertz CT molecular complexity index is 689. The molecule has 22 heavy (non-hydrogen) atoms. The van der Waals surface area contributed by atoms with Crippen molar-refractivity contribution in [2.45, 2.75) is 19.4 Å². The van der Waals surface area contributed by atoms with Crippen LogP contribution in [0.2, 0.25) is 0 Å². The van der Waals surface area contributed by atoms with Gasteiger partial charge < -0.3 is 15.2 Å². The molecule has 2 N–H and O–H groups in total. The molecule has 0 spiro atoms. The molecule has 1 amide bonds. The average Bonchev–Trinajstić information content (AvgIpc) is 2.96. The number of carbonyl (C=O) groups excluding carboxylic acids is 1. The lowest BCUT2D eigenvalue weighted by molar-refractivity contribution is -0.143. The molecule has 0 radical (unpaired) electrons. The van der Waals surface area contributed by atoms with E-state index in [1.54, 1.807) is 37.6 Å². The smallest absolute Gasteiger partial charge is 0.328 e. The molecule has 7 nitrogen and oxygen atoms in total. The van der Waals surface area contributed by atoms with Gasteiger partial charge in [-0.15, -0.1) is 0 Å². The summed E-state index contributed by atoms with van der Waals surface area (Å²) >= 11 is 0. The fourth-order valence-electron chi connectivity index (χ4n) is 1.73. The summed E-state index contributed by atoms with van der Waals surface area (Å²) < 4.78 is 6.61. The minimum atomic E-state index is -1.36. The summed E-state index contributed by atoms with van der Waals surface area (Å²) in [5.41, 5.74) is -0.455. The van der Waals surface area contributed by atoms with Gasteiger partial charge in [0.05, 0.1) is 12.8 Å². The summed E-state index contributed by atoms with van der Waals surface area (Å²) in [4.78, 5) is 23.1. The highest BCUT2D eigenvalue weighted by molar-refractivity contribution is 5.96. The van der Waals surface area contributed by atoms with Crippen LogP contribution in [0.4, 0.5) is 0 Å². The number of carboxylic acid groups (broad SMARTS) is 1. The first-order chi connectivity index (χ1) is 10.3. The van der Waals surface area contributed by atoms with Crippen molar-refractivity contribution >= 4 is 11.9 Å². The van der Waals surface area contributed by atoms with Crippen molar-refractivity contribution in [3.8, 4) is 11.4 Å². The number of amides is 1. The van der Waals surface area contributed by atoms with Gasteiger partial charge in [0.15, 0.2) is 5.69 Å². The van der Waals surface area contributed by atoms with Gasteiger partial charge in [-0.1, -0.05) is 0 Å². The Balaban J connectivity index is 2.17. The van der Waals surface area contributed by atoms with E-state index in [2.05, 4.69) is 10.4 Å². The predicted molar refractivity (Wildman–Crippen MR) is 79.3 cm³/mol. The van der Waals surface area contributed by atoms with Crippen molar-refractivity contribution in [3.63, 3.8) is 0 Å². The number of nitrogens with one attached hydrogen (secondary N) is 1. The van der Waals surface area contributed by atoms with Gasteiger partial charge in [0, 0.05) is 6.20 Å². The first kappa shape index (κ1) is 15.6. The van der Waals surface area contributed by atoms with E-state index in [-0.39, 0.29) is 5.69 Å². The zero-order chi connectivity index (χ0) is 16.3. The van der Waals surface area contributed by atoms with Crippen molar-refractivity contribution < 1.29 is 19.4 Å². The van der Waals surface area contributed by atoms with Gasteiger partial charge in [0.1, 0.15) is 11.3 Å². The highest BCUT2D eigenvalue weighted by Gasteiger charge is 2.30. The summed E-state index contributed by atoms with van der Waals surface area (Å²) in [6.07, 6.45) is 1.63. The molecular weight excluding hydrogens is 286 g/mol. The van der Waals surface area contributed by atoms with E-state index in [1.807, 2.05) is 0 Å². The second-order valence-corrected chi connectivity index (χ2v) is 5.23. The van der Waals surface area contributed by atoms with Crippen LogP contribution < -0.4 is 10.1 Å². The molecule has 0 aliphatic carbocycles. The molecule has 0 fully saturated rings. The second kappa shape index (κ2) is 5.88. The number of nitrogens with zero attached hydrogens (tertiary/aromatic N) is 2. The fourth-order valence-corrected chi connectivity index (χ4v) is 1.73. The summed E-state index contributed by atoms with van der Waals surface area (Å²) in [5.74, 6) is -0.938. The van der Waals surface area contributed by atoms with E-state index in [0.29, 0.717) is 0 Å². The normalized spacial score (nSPS) is 11.0. The number of rotatable bonds is 5. The number of ether oxygens (including phenoxy) is 1. The van der Waals surface area contributed by atoms with Gasteiger partial charge in [-0.3, -0.25) is 4.79 Å². The molecule has 0 atom stereocenters. The van der Waals surface area contributed by atoms with E-state index in [9.17, 15) is 9.59 Å². The number of aliphatic carboxylic acids is 1. The van der Waals surface area contributed by atoms with Crippen molar-refractivity contribution in [1.82, 2.24) is 15.1 Å². The molecule has 1 aromatic carbocycles. The molecule has 2 aromatic rings. The standard InChI is InChI=1S/C15H17N3O4/c1-15(2,14(20)21)16-13(19)12-8-9-18(17-12)10-4-6-11(22-3)7-5-10/h4-9H,1-3H3,(H,16,19)(H,20,21). The third-order valence-corrected chi connectivity index (χ3v) is 3.12. The second-order valence-electron chi connectivity index (χ2n) is 5.23. The van der Waals surface area contributed by atoms with Crippen LogP contribution in [0.25, 0.3) is 5.69 Å². The Morgan fingerprint density at radius 2 is 1.86 bits per heavy atom. The van der Waals surface area contributed by atoms with Crippen molar-refractivity contribution in [3.05, 3.63) is 42.2 Å². The summed E-state index contributed by atoms with van der Waals surface area (Å²) in [7, 11) is 1.58. The Hall–Kier alpha value is -2.83. The number of carboxylic acids is 1. The molecule has 7 heteroatoms. The van der Waals surface area contributed by atoms with Crippen LogP contribution >= 0.6 is 0 Å². The minimum absolute atomic E-state index is 0.144. The number of hydrogen-bond acceptors (Lipinski definition) is 4. The van der Waals surface area contributed by atoms with Crippen molar-refractivity contribution in [2.24, 2.45) is 0 Å². The number of methoxy groups -OCH3 is 1. The zero-order valence-electron chi connectivity index (χ0n) is 12.5.